The first-order valence-corrected chi connectivity index (χ1v) is 11.0. The molecule has 0 spiro atoms. The average Bonchev–Trinajstić information content (AvgIpc) is 3.02. The molecule has 28 heavy (non-hydrogen) atoms. The smallest absolute Gasteiger partial charge is 0.229 e. The molecule has 6 heteroatoms. The van der Waals surface area contributed by atoms with Gasteiger partial charge in [-0.1, -0.05) is 24.4 Å². The average molecular weight is 405 g/mol. The molecule has 0 bridgehead atoms. The SMILES string of the molecule is O=C(C1CCN(C(=O)[C@@H]2COc3ccc(Cl)cc3C2)CC1)N1CCCCCC1. The third-order valence-electron chi connectivity index (χ3n) is 6.35. The third-order valence-corrected chi connectivity index (χ3v) is 6.59. The van der Waals surface area contributed by atoms with E-state index < -0.39 is 0 Å². The van der Waals surface area contributed by atoms with E-state index in [4.69, 9.17) is 16.3 Å². The minimum atomic E-state index is -0.163. The van der Waals surface area contributed by atoms with Crippen molar-refractivity contribution in [2.24, 2.45) is 11.8 Å². The van der Waals surface area contributed by atoms with Crippen molar-refractivity contribution in [1.29, 1.82) is 0 Å². The Bertz CT molecular complexity index is 722. The third kappa shape index (κ3) is 4.29. The largest absolute Gasteiger partial charge is 0.492 e. The number of fused-ring (bicyclic) bond motifs is 1. The van der Waals surface area contributed by atoms with Gasteiger partial charge in [0.1, 0.15) is 12.4 Å². The van der Waals surface area contributed by atoms with Gasteiger partial charge in [0.15, 0.2) is 0 Å². The lowest BCUT2D eigenvalue weighted by molar-refractivity contribution is -0.143. The molecule has 5 nitrogen and oxygen atoms in total. The lowest BCUT2D eigenvalue weighted by Crippen LogP contribution is -2.47. The van der Waals surface area contributed by atoms with Crippen molar-refractivity contribution in [3.8, 4) is 5.75 Å². The van der Waals surface area contributed by atoms with Crippen LogP contribution in [0.25, 0.3) is 0 Å². The van der Waals surface area contributed by atoms with Gasteiger partial charge >= 0.3 is 0 Å². The summed E-state index contributed by atoms with van der Waals surface area (Å²) in [6.45, 7) is 3.56. The number of halogens is 1. The summed E-state index contributed by atoms with van der Waals surface area (Å²) < 4.78 is 5.79. The Morgan fingerprint density at radius 1 is 0.893 bits per heavy atom. The van der Waals surface area contributed by atoms with Gasteiger partial charge in [-0.2, -0.15) is 0 Å². The van der Waals surface area contributed by atoms with E-state index in [1.165, 1.54) is 12.8 Å². The van der Waals surface area contributed by atoms with Gasteiger partial charge < -0.3 is 14.5 Å². The maximum absolute atomic E-state index is 13.0. The number of rotatable bonds is 2. The standard InChI is InChI=1S/C22H29ClN2O3/c23-19-5-6-20-17(14-19)13-18(15-28-20)22(27)25-11-7-16(8-12-25)21(26)24-9-3-1-2-4-10-24/h5-6,14,16,18H,1-4,7-13,15H2/t18-/m0/s1. The minimum Gasteiger partial charge on any atom is -0.492 e. The topological polar surface area (TPSA) is 49.9 Å². The molecule has 2 amide bonds. The van der Waals surface area contributed by atoms with Crippen molar-refractivity contribution in [3.05, 3.63) is 28.8 Å². The Morgan fingerprint density at radius 2 is 1.54 bits per heavy atom. The lowest BCUT2D eigenvalue weighted by Gasteiger charge is -2.36. The van der Waals surface area contributed by atoms with Crippen LogP contribution in [0.15, 0.2) is 18.2 Å². The van der Waals surface area contributed by atoms with E-state index in [0.717, 1.165) is 50.1 Å². The van der Waals surface area contributed by atoms with Crippen LogP contribution in [0, 0.1) is 11.8 Å². The molecule has 1 aromatic carbocycles. The first-order valence-electron chi connectivity index (χ1n) is 10.6. The summed E-state index contributed by atoms with van der Waals surface area (Å²) in [6.07, 6.45) is 6.92. The van der Waals surface area contributed by atoms with Crippen molar-refractivity contribution in [2.45, 2.75) is 44.9 Å². The number of carbonyl (C=O) groups is 2. The highest BCUT2D eigenvalue weighted by atomic mass is 35.5. The molecule has 0 aliphatic carbocycles. The van der Waals surface area contributed by atoms with Crippen LogP contribution in [0.5, 0.6) is 5.75 Å². The molecule has 3 heterocycles. The van der Waals surface area contributed by atoms with Crippen LogP contribution in [0.1, 0.15) is 44.1 Å². The van der Waals surface area contributed by atoms with E-state index in [0.29, 0.717) is 37.0 Å². The summed E-state index contributed by atoms with van der Waals surface area (Å²) in [5, 5.41) is 0.670. The Balaban J connectivity index is 1.31. The van der Waals surface area contributed by atoms with Crippen LogP contribution in [0.2, 0.25) is 5.02 Å². The van der Waals surface area contributed by atoms with Crippen molar-refractivity contribution >= 4 is 23.4 Å². The molecule has 0 N–H and O–H groups in total. The lowest BCUT2D eigenvalue weighted by atomic mass is 9.91. The predicted molar refractivity (Wildman–Crippen MR) is 108 cm³/mol. The number of benzene rings is 1. The number of carbonyl (C=O) groups excluding carboxylic acids is 2. The number of amides is 2. The van der Waals surface area contributed by atoms with Gasteiger partial charge in [0.2, 0.25) is 11.8 Å². The van der Waals surface area contributed by atoms with Gasteiger partial charge in [-0.3, -0.25) is 9.59 Å². The Morgan fingerprint density at radius 3 is 2.25 bits per heavy atom. The highest BCUT2D eigenvalue weighted by Crippen LogP contribution is 2.31. The molecule has 152 valence electrons. The van der Waals surface area contributed by atoms with Crippen LogP contribution in [-0.4, -0.2) is 54.4 Å². The van der Waals surface area contributed by atoms with Crippen molar-refractivity contribution in [1.82, 2.24) is 9.80 Å². The first kappa shape index (κ1) is 19.6. The summed E-state index contributed by atoms with van der Waals surface area (Å²) in [6, 6.07) is 5.58. The second kappa shape index (κ2) is 8.73. The number of piperidine rings is 1. The molecular weight excluding hydrogens is 376 g/mol. The molecule has 2 fully saturated rings. The minimum absolute atomic E-state index is 0.0734. The van der Waals surface area contributed by atoms with Crippen molar-refractivity contribution in [2.75, 3.05) is 32.8 Å². The molecule has 0 unspecified atom stereocenters. The molecule has 0 aromatic heterocycles. The molecule has 3 aliphatic heterocycles. The van der Waals surface area contributed by atoms with E-state index in [-0.39, 0.29) is 17.7 Å². The fraction of sp³-hybridized carbons (Fsp3) is 0.636. The van der Waals surface area contributed by atoms with E-state index in [1.807, 2.05) is 23.1 Å². The Kier molecular flexibility index (Phi) is 6.10. The van der Waals surface area contributed by atoms with Gasteiger partial charge in [-0.05, 0) is 55.9 Å². The van der Waals surface area contributed by atoms with Crippen LogP contribution >= 0.6 is 11.6 Å². The van der Waals surface area contributed by atoms with Crippen LogP contribution in [0.3, 0.4) is 0 Å². The van der Waals surface area contributed by atoms with Gasteiger partial charge in [-0.15, -0.1) is 0 Å². The Hall–Kier alpha value is -1.75. The number of nitrogens with zero attached hydrogens (tertiary/aromatic N) is 2. The molecule has 0 radical (unpaired) electrons. The number of hydrogen-bond acceptors (Lipinski definition) is 3. The fourth-order valence-electron chi connectivity index (χ4n) is 4.68. The summed E-state index contributed by atoms with van der Waals surface area (Å²) in [7, 11) is 0. The molecule has 3 aliphatic rings. The molecular formula is C22H29ClN2O3. The molecule has 0 saturated carbocycles. The first-order chi connectivity index (χ1) is 13.6. The normalized spacial score (nSPS) is 23.5. The van der Waals surface area contributed by atoms with E-state index in [1.54, 1.807) is 0 Å². The van der Waals surface area contributed by atoms with E-state index in [9.17, 15) is 9.59 Å². The quantitative estimate of drug-likeness (QED) is 0.757. The predicted octanol–water partition coefficient (Wildman–Crippen LogP) is 3.53. The summed E-state index contributed by atoms with van der Waals surface area (Å²) in [4.78, 5) is 29.8. The fourth-order valence-corrected chi connectivity index (χ4v) is 4.87. The maximum Gasteiger partial charge on any atom is 0.229 e. The number of ether oxygens (including phenoxy) is 1. The summed E-state index contributed by atoms with van der Waals surface area (Å²) in [5.41, 5.74) is 1.00. The maximum atomic E-state index is 13.0. The monoisotopic (exact) mass is 404 g/mol. The zero-order chi connectivity index (χ0) is 19.5. The van der Waals surface area contributed by atoms with Gasteiger partial charge in [0.25, 0.3) is 0 Å². The van der Waals surface area contributed by atoms with Gasteiger partial charge in [0.05, 0.1) is 5.92 Å². The second-order valence-corrected chi connectivity index (χ2v) is 8.74. The van der Waals surface area contributed by atoms with E-state index in [2.05, 4.69) is 4.90 Å². The van der Waals surface area contributed by atoms with E-state index >= 15 is 0 Å². The highest BCUT2D eigenvalue weighted by molar-refractivity contribution is 6.30. The van der Waals surface area contributed by atoms with Crippen LogP contribution < -0.4 is 4.74 Å². The van der Waals surface area contributed by atoms with Gasteiger partial charge in [0, 0.05) is 37.1 Å². The number of likely N-dealkylation sites (tertiary alicyclic amines) is 2. The molecule has 1 aromatic rings. The van der Waals surface area contributed by atoms with Gasteiger partial charge in [-0.25, -0.2) is 0 Å². The van der Waals surface area contributed by atoms with Crippen molar-refractivity contribution < 1.29 is 14.3 Å². The van der Waals surface area contributed by atoms with Crippen LogP contribution in [0.4, 0.5) is 0 Å². The highest BCUT2D eigenvalue weighted by Gasteiger charge is 2.34. The Labute approximate surface area is 172 Å². The zero-order valence-corrected chi connectivity index (χ0v) is 17.1. The summed E-state index contributed by atoms with van der Waals surface area (Å²) >= 11 is 6.09. The molecule has 1 atom stereocenters. The molecule has 2 saturated heterocycles. The molecule has 4 rings (SSSR count). The zero-order valence-electron chi connectivity index (χ0n) is 16.4. The second-order valence-electron chi connectivity index (χ2n) is 8.30. The number of hydrogen-bond donors (Lipinski definition) is 0. The van der Waals surface area contributed by atoms with Crippen molar-refractivity contribution in [3.63, 3.8) is 0 Å². The van der Waals surface area contributed by atoms with Crippen LogP contribution in [-0.2, 0) is 16.0 Å². The summed E-state index contributed by atoms with van der Waals surface area (Å²) in [5.74, 6) is 1.19.